The summed E-state index contributed by atoms with van der Waals surface area (Å²) >= 11 is 3.18. The van der Waals surface area contributed by atoms with E-state index in [4.69, 9.17) is 5.11 Å². The van der Waals surface area contributed by atoms with Crippen molar-refractivity contribution in [3.8, 4) is 0 Å². The highest BCUT2D eigenvalue weighted by atomic mass is 79.9. The molecule has 100 valence electrons. The van der Waals surface area contributed by atoms with E-state index >= 15 is 0 Å². The molecule has 0 radical (unpaired) electrons. The highest BCUT2D eigenvalue weighted by Crippen LogP contribution is 2.28. The number of halogens is 1. The van der Waals surface area contributed by atoms with E-state index in [0.29, 0.717) is 8.78 Å². The van der Waals surface area contributed by atoms with Crippen LogP contribution in [0.1, 0.15) is 13.8 Å². The van der Waals surface area contributed by atoms with Crippen LogP contribution >= 0.6 is 15.9 Å². The third kappa shape index (κ3) is 3.01. The number of hydrogen-bond donors (Lipinski definition) is 2. The topological polar surface area (TPSA) is 94.9 Å². The zero-order valence-corrected chi connectivity index (χ0v) is 12.1. The summed E-state index contributed by atoms with van der Waals surface area (Å²) < 4.78 is 33.1. The summed E-state index contributed by atoms with van der Waals surface area (Å²) in [6.07, 6.45) is 0. The molecule has 0 amide bonds. The first-order valence-electron chi connectivity index (χ1n) is 4.83. The average Bonchev–Trinajstić information content (AvgIpc) is 2.18. The minimum atomic E-state index is -4.70. The maximum atomic E-state index is 11.4. The smallest absolute Gasteiger partial charge is 0.361 e. The van der Waals surface area contributed by atoms with Gasteiger partial charge in [0.05, 0.1) is 5.69 Å². The SMILES string of the molecule is CC(C)(C(=O)O)N(c1ccc(Br)cc1)S(=O)(=O)O. The second kappa shape index (κ2) is 4.87. The minimum absolute atomic E-state index is 0.0631. The molecule has 0 spiro atoms. The van der Waals surface area contributed by atoms with Gasteiger partial charge in [-0.15, -0.1) is 0 Å². The zero-order chi connectivity index (χ0) is 14.1. The van der Waals surface area contributed by atoms with Gasteiger partial charge < -0.3 is 5.11 Å². The number of rotatable bonds is 4. The number of anilines is 1. The van der Waals surface area contributed by atoms with Crippen LogP contribution in [0, 0.1) is 0 Å². The molecule has 0 aliphatic carbocycles. The summed E-state index contributed by atoms with van der Waals surface area (Å²) in [7, 11) is -4.70. The number of hydrogen-bond acceptors (Lipinski definition) is 3. The first-order chi connectivity index (χ1) is 8.06. The Hall–Kier alpha value is -1.12. The van der Waals surface area contributed by atoms with Gasteiger partial charge in [0.1, 0.15) is 5.54 Å². The van der Waals surface area contributed by atoms with Gasteiger partial charge in [-0.05, 0) is 38.1 Å². The molecule has 0 saturated carbocycles. The van der Waals surface area contributed by atoms with Crippen LogP contribution in [0.15, 0.2) is 28.7 Å². The fourth-order valence-corrected chi connectivity index (χ4v) is 2.72. The quantitative estimate of drug-likeness (QED) is 0.818. The number of nitrogens with zero attached hydrogens (tertiary/aromatic N) is 1. The molecule has 0 bridgehead atoms. The molecule has 0 heterocycles. The predicted molar refractivity (Wildman–Crippen MR) is 69.9 cm³/mol. The minimum Gasteiger partial charge on any atom is -0.479 e. The number of carbonyl (C=O) groups is 1. The normalized spacial score (nSPS) is 12.2. The predicted octanol–water partition coefficient (Wildman–Crippen LogP) is 1.92. The Balaban J connectivity index is 3.41. The molecule has 0 saturated heterocycles. The van der Waals surface area contributed by atoms with Gasteiger partial charge in [0.2, 0.25) is 0 Å². The van der Waals surface area contributed by atoms with Gasteiger partial charge in [-0.25, -0.2) is 9.10 Å². The van der Waals surface area contributed by atoms with E-state index < -0.39 is 21.8 Å². The summed E-state index contributed by atoms with van der Waals surface area (Å²) in [5, 5.41) is 9.06. The third-order valence-corrected chi connectivity index (χ3v) is 3.98. The molecule has 1 rings (SSSR count). The lowest BCUT2D eigenvalue weighted by Crippen LogP contribution is -2.53. The van der Waals surface area contributed by atoms with Crippen LogP contribution in [0.4, 0.5) is 5.69 Å². The van der Waals surface area contributed by atoms with Gasteiger partial charge >= 0.3 is 16.3 Å². The van der Waals surface area contributed by atoms with Gasteiger partial charge in [0.15, 0.2) is 0 Å². The maximum Gasteiger partial charge on any atom is 0.361 e. The van der Waals surface area contributed by atoms with Gasteiger partial charge in [-0.3, -0.25) is 4.55 Å². The molecular formula is C10H12BrNO5S. The summed E-state index contributed by atoms with van der Waals surface area (Å²) in [5.41, 5.74) is -1.74. The zero-order valence-electron chi connectivity index (χ0n) is 9.66. The molecule has 0 unspecified atom stereocenters. The molecule has 0 aliphatic heterocycles. The average molecular weight is 338 g/mol. The highest BCUT2D eigenvalue weighted by molar-refractivity contribution is 9.10. The molecule has 0 aliphatic rings. The van der Waals surface area contributed by atoms with Crippen molar-refractivity contribution in [1.29, 1.82) is 0 Å². The first kappa shape index (κ1) is 14.9. The largest absolute Gasteiger partial charge is 0.479 e. The molecule has 0 aromatic heterocycles. The molecule has 2 N–H and O–H groups in total. The van der Waals surface area contributed by atoms with E-state index in [9.17, 15) is 17.8 Å². The number of carboxylic acid groups (broad SMARTS) is 1. The lowest BCUT2D eigenvalue weighted by atomic mass is 10.1. The van der Waals surface area contributed by atoms with E-state index in [-0.39, 0.29) is 5.69 Å². The van der Waals surface area contributed by atoms with Crippen molar-refractivity contribution in [1.82, 2.24) is 0 Å². The molecule has 0 fully saturated rings. The Morgan fingerprint density at radius 2 is 1.72 bits per heavy atom. The molecular weight excluding hydrogens is 326 g/mol. The lowest BCUT2D eigenvalue weighted by molar-refractivity contribution is -0.141. The van der Waals surface area contributed by atoms with E-state index in [1.54, 1.807) is 12.1 Å². The van der Waals surface area contributed by atoms with Crippen molar-refractivity contribution in [2.75, 3.05) is 4.31 Å². The Morgan fingerprint density at radius 1 is 1.28 bits per heavy atom. The van der Waals surface area contributed by atoms with Crippen LogP contribution in [-0.2, 0) is 15.1 Å². The van der Waals surface area contributed by atoms with Crippen LogP contribution in [0.2, 0.25) is 0 Å². The van der Waals surface area contributed by atoms with Crippen molar-refractivity contribution >= 4 is 37.9 Å². The lowest BCUT2D eigenvalue weighted by Gasteiger charge is -2.33. The Morgan fingerprint density at radius 3 is 2.06 bits per heavy atom. The fraction of sp³-hybridized carbons (Fsp3) is 0.300. The van der Waals surface area contributed by atoms with Gasteiger partial charge in [0, 0.05) is 4.47 Å². The number of aliphatic carboxylic acids is 1. The Labute approximate surface area is 113 Å². The van der Waals surface area contributed by atoms with E-state index in [2.05, 4.69) is 15.9 Å². The van der Waals surface area contributed by atoms with Crippen LogP contribution in [-0.4, -0.2) is 29.6 Å². The third-order valence-electron chi connectivity index (χ3n) is 2.32. The van der Waals surface area contributed by atoms with Gasteiger partial charge in [-0.1, -0.05) is 15.9 Å². The molecule has 18 heavy (non-hydrogen) atoms. The van der Waals surface area contributed by atoms with Crippen molar-refractivity contribution in [2.24, 2.45) is 0 Å². The van der Waals surface area contributed by atoms with Crippen LogP contribution in [0.5, 0.6) is 0 Å². The van der Waals surface area contributed by atoms with Crippen molar-refractivity contribution in [3.63, 3.8) is 0 Å². The summed E-state index contributed by atoms with van der Waals surface area (Å²) in [4.78, 5) is 11.1. The number of benzene rings is 1. The highest BCUT2D eigenvalue weighted by Gasteiger charge is 2.41. The molecule has 1 aromatic carbocycles. The monoisotopic (exact) mass is 337 g/mol. The van der Waals surface area contributed by atoms with Crippen molar-refractivity contribution < 1.29 is 22.9 Å². The second-order valence-electron chi connectivity index (χ2n) is 4.08. The standard InChI is InChI=1S/C10H12BrNO5S/c1-10(2,9(13)14)12(18(15,16)17)8-5-3-7(11)4-6-8/h3-6H,1-2H3,(H,13,14)(H,15,16,17). The first-order valence-corrected chi connectivity index (χ1v) is 7.02. The van der Waals surface area contributed by atoms with E-state index in [1.165, 1.54) is 26.0 Å². The van der Waals surface area contributed by atoms with Gasteiger partial charge in [0.25, 0.3) is 0 Å². The molecule has 1 aromatic rings. The Kier molecular flexibility index (Phi) is 4.04. The summed E-state index contributed by atoms with van der Waals surface area (Å²) in [5.74, 6) is -1.37. The maximum absolute atomic E-state index is 11.4. The van der Waals surface area contributed by atoms with Crippen LogP contribution in [0.3, 0.4) is 0 Å². The fourth-order valence-electron chi connectivity index (χ4n) is 1.41. The van der Waals surface area contributed by atoms with Crippen molar-refractivity contribution in [3.05, 3.63) is 28.7 Å². The van der Waals surface area contributed by atoms with E-state index in [0.717, 1.165) is 0 Å². The second-order valence-corrected chi connectivity index (χ2v) is 6.26. The van der Waals surface area contributed by atoms with Crippen molar-refractivity contribution in [2.45, 2.75) is 19.4 Å². The summed E-state index contributed by atoms with van der Waals surface area (Å²) in [6, 6.07) is 5.88. The number of carboxylic acids is 1. The Bertz CT molecular complexity index is 552. The van der Waals surface area contributed by atoms with Gasteiger partial charge in [-0.2, -0.15) is 8.42 Å². The summed E-state index contributed by atoms with van der Waals surface area (Å²) in [6.45, 7) is 2.37. The van der Waals surface area contributed by atoms with Crippen LogP contribution < -0.4 is 4.31 Å². The molecule has 0 atom stereocenters. The molecule has 8 heteroatoms. The van der Waals surface area contributed by atoms with Crippen LogP contribution in [0.25, 0.3) is 0 Å². The van der Waals surface area contributed by atoms with E-state index in [1.807, 2.05) is 0 Å². The molecule has 6 nitrogen and oxygen atoms in total.